The van der Waals surface area contributed by atoms with Crippen LogP contribution < -0.4 is 20.3 Å². The second-order valence-electron chi connectivity index (χ2n) is 5.73. The molecule has 3 aromatic rings. The number of carbonyl (C=O) groups excluding carboxylic acids is 1. The molecule has 2 heterocycles. The van der Waals surface area contributed by atoms with Crippen LogP contribution in [-0.4, -0.2) is 17.3 Å². The van der Waals surface area contributed by atoms with Crippen molar-refractivity contribution in [2.45, 2.75) is 0 Å². The lowest BCUT2D eigenvalue weighted by Gasteiger charge is -2.14. The number of aromatic nitrogens is 1. The van der Waals surface area contributed by atoms with Gasteiger partial charge in [-0.05, 0) is 42.5 Å². The molecule has 1 aliphatic heterocycles. The van der Waals surface area contributed by atoms with Gasteiger partial charge in [0.05, 0.1) is 16.9 Å². The lowest BCUT2D eigenvalue weighted by molar-refractivity contribution is 0.0942. The third kappa shape index (κ3) is 3.00. The maximum atomic E-state index is 12.6. The fourth-order valence-corrected chi connectivity index (χ4v) is 2.74. The summed E-state index contributed by atoms with van der Waals surface area (Å²) in [6.45, 7) is 4.17. The minimum Gasteiger partial charge on any atom is -0.454 e. The van der Waals surface area contributed by atoms with Crippen molar-refractivity contribution in [2.24, 2.45) is 0 Å². The summed E-state index contributed by atoms with van der Waals surface area (Å²) in [6, 6.07) is 16.7. The Bertz CT molecular complexity index is 964. The molecule has 2 aromatic carbocycles. The van der Waals surface area contributed by atoms with E-state index in [4.69, 9.17) is 9.47 Å². The van der Waals surface area contributed by atoms with Gasteiger partial charge in [-0.15, -0.1) is 0 Å². The standard InChI is InChI=1S/C20H17N3O3/c1-14(15-8-9-18-19(12-15)26-13-25-18)21-22-20(24)16-6-2-3-7-17(16)23-10-4-5-11-23/h2-12,21H,1,13H2,(H,22,24). The van der Waals surface area contributed by atoms with E-state index < -0.39 is 0 Å². The molecule has 1 aromatic heterocycles. The van der Waals surface area contributed by atoms with Gasteiger partial charge in [0.15, 0.2) is 11.5 Å². The quantitative estimate of drug-likeness (QED) is 0.696. The van der Waals surface area contributed by atoms with Gasteiger partial charge < -0.3 is 14.0 Å². The van der Waals surface area contributed by atoms with Gasteiger partial charge in [0.2, 0.25) is 6.79 Å². The van der Waals surface area contributed by atoms with Crippen LogP contribution >= 0.6 is 0 Å². The first kappa shape index (κ1) is 15.8. The lowest BCUT2D eigenvalue weighted by Crippen LogP contribution is -2.36. The molecule has 1 aliphatic rings. The van der Waals surface area contributed by atoms with Gasteiger partial charge in [0.1, 0.15) is 0 Å². The molecule has 4 rings (SSSR count). The number of nitrogens with one attached hydrogen (secondary N) is 2. The molecule has 1 amide bonds. The number of benzene rings is 2. The van der Waals surface area contributed by atoms with Crippen LogP contribution in [0.4, 0.5) is 0 Å². The first-order valence-corrected chi connectivity index (χ1v) is 8.10. The Labute approximate surface area is 150 Å². The second kappa shape index (κ2) is 6.68. The molecule has 130 valence electrons. The Morgan fingerprint density at radius 3 is 2.58 bits per heavy atom. The summed E-state index contributed by atoms with van der Waals surface area (Å²) in [7, 11) is 0. The van der Waals surface area contributed by atoms with Crippen molar-refractivity contribution in [3.8, 4) is 17.2 Å². The molecule has 0 unspecified atom stereocenters. The number of hydrogen-bond acceptors (Lipinski definition) is 4. The van der Waals surface area contributed by atoms with E-state index in [-0.39, 0.29) is 12.7 Å². The molecule has 26 heavy (non-hydrogen) atoms. The average molecular weight is 347 g/mol. The zero-order valence-electron chi connectivity index (χ0n) is 13.9. The maximum Gasteiger partial charge on any atom is 0.271 e. The summed E-state index contributed by atoms with van der Waals surface area (Å²) in [4.78, 5) is 12.6. The van der Waals surface area contributed by atoms with Gasteiger partial charge >= 0.3 is 0 Å². The van der Waals surface area contributed by atoms with Crippen LogP contribution in [0.2, 0.25) is 0 Å². The fraction of sp³-hybridized carbons (Fsp3) is 0.0500. The number of amides is 1. The molecule has 0 aliphatic carbocycles. The van der Waals surface area contributed by atoms with E-state index in [1.54, 1.807) is 6.07 Å². The first-order valence-electron chi connectivity index (χ1n) is 8.10. The molecular weight excluding hydrogens is 330 g/mol. The first-order chi connectivity index (χ1) is 12.7. The van der Waals surface area contributed by atoms with Crippen molar-refractivity contribution in [2.75, 3.05) is 6.79 Å². The van der Waals surface area contributed by atoms with Crippen molar-refractivity contribution in [1.82, 2.24) is 15.4 Å². The topological polar surface area (TPSA) is 64.5 Å². The predicted molar refractivity (Wildman–Crippen MR) is 98.0 cm³/mol. The molecule has 0 atom stereocenters. The number of fused-ring (bicyclic) bond motifs is 1. The summed E-state index contributed by atoms with van der Waals surface area (Å²) in [6.07, 6.45) is 3.79. The number of para-hydroxylation sites is 1. The van der Waals surface area contributed by atoms with E-state index >= 15 is 0 Å². The summed E-state index contributed by atoms with van der Waals surface area (Å²) in [5, 5.41) is 0. The van der Waals surface area contributed by atoms with Gasteiger partial charge in [0.25, 0.3) is 5.91 Å². The number of hydrogen-bond donors (Lipinski definition) is 2. The number of carbonyl (C=O) groups is 1. The van der Waals surface area contributed by atoms with E-state index in [2.05, 4.69) is 17.4 Å². The number of hydrazine groups is 1. The Hall–Kier alpha value is -3.67. The zero-order chi connectivity index (χ0) is 17.9. The monoisotopic (exact) mass is 347 g/mol. The van der Waals surface area contributed by atoms with Crippen LogP contribution in [0, 0.1) is 0 Å². The summed E-state index contributed by atoms with van der Waals surface area (Å²) >= 11 is 0. The molecule has 6 heteroatoms. The molecule has 0 spiro atoms. The fourth-order valence-electron chi connectivity index (χ4n) is 2.74. The number of ether oxygens (including phenoxy) is 2. The number of rotatable bonds is 5. The normalized spacial score (nSPS) is 11.8. The highest BCUT2D eigenvalue weighted by atomic mass is 16.7. The van der Waals surface area contributed by atoms with Crippen LogP contribution in [0.3, 0.4) is 0 Å². The number of nitrogens with zero attached hydrogens (tertiary/aromatic N) is 1. The van der Waals surface area contributed by atoms with Crippen LogP contribution in [-0.2, 0) is 0 Å². The van der Waals surface area contributed by atoms with E-state index in [1.807, 2.05) is 65.5 Å². The van der Waals surface area contributed by atoms with Crippen LogP contribution in [0.5, 0.6) is 11.5 Å². The van der Waals surface area contributed by atoms with E-state index in [1.165, 1.54) is 0 Å². The SMILES string of the molecule is C=C(NNC(=O)c1ccccc1-n1cccc1)c1ccc2c(c1)OCO2. The minimum atomic E-state index is -0.254. The van der Waals surface area contributed by atoms with Crippen molar-refractivity contribution in [3.63, 3.8) is 0 Å². The average Bonchev–Trinajstić information content (AvgIpc) is 3.36. The molecule has 0 radical (unpaired) electrons. The zero-order valence-corrected chi connectivity index (χ0v) is 13.9. The molecular formula is C20H17N3O3. The summed E-state index contributed by atoms with van der Waals surface area (Å²) in [5.41, 5.74) is 8.25. The van der Waals surface area contributed by atoms with Gasteiger partial charge in [-0.1, -0.05) is 18.7 Å². The summed E-state index contributed by atoms with van der Waals surface area (Å²) < 4.78 is 12.5. The van der Waals surface area contributed by atoms with Crippen molar-refractivity contribution in [1.29, 1.82) is 0 Å². The molecule has 6 nitrogen and oxygen atoms in total. The largest absolute Gasteiger partial charge is 0.454 e. The van der Waals surface area contributed by atoms with Gasteiger partial charge in [-0.25, -0.2) is 0 Å². The Balaban J connectivity index is 1.47. The Morgan fingerprint density at radius 2 is 1.73 bits per heavy atom. The summed E-state index contributed by atoms with van der Waals surface area (Å²) in [5.74, 6) is 1.11. The minimum absolute atomic E-state index is 0.214. The van der Waals surface area contributed by atoms with Gasteiger partial charge in [-0.3, -0.25) is 15.6 Å². The Kier molecular flexibility index (Phi) is 4.07. The third-order valence-corrected chi connectivity index (χ3v) is 4.08. The third-order valence-electron chi connectivity index (χ3n) is 4.08. The van der Waals surface area contributed by atoms with Crippen LogP contribution in [0.15, 0.2) is 73.6 Å². The molecule has 0 fully saturated rings. The maximum absolute atomic E-state index is 12.6. The lowest BCUT2D eigenvalue weighted by atomic mass is 10.1. The van der Waals surface area contributed by atoms with Crippen molar-refractivity contribution < 1.29 is 14.3 Å². The van der Waals surface area contributed by atoms with Crippen LogP contribution in [0.25, 0.3) is 11.4 Å². The highest BCUT2D eigenvalue weighted by molar-refractivity contribution is 5.98. The van der Waals surface area contributed by atoms with Crippen LogP contribution in [0.1, 0.15) is 15.9 Å². The van der Waals surface area contributed by atoms with Gasteiger partial charge in [-0.2, -0.15) is 0 Å². The molecule has 2 N–H and O–H groups in total. The highest BCUT2D eigenvalue weighted by Gasteiger charge is 2.15. The van der Waals surface area contributed by atoms with E-state index in [9.17, 15) is 4.79 Å². The van der Waals surface area contributed by atoms with Crippen molar-refractivity contribution >= 4 is 11.6 Å². The highest BCUT2D eigenvalue weighted by Crippen LogP contribution is 2.33. The van der Waals surface area contributed by atoms with Gasteiger partial charge in [0, 0.05) is 18.0 Å². The van der Waals surface area contributed by atoms with Crippen molar-refractivity contribution in [3.05, 3.63) is 84.7 Å². The molecule has 0 saturated carbocycles. The molecule has 0 bridgehead atoms. The van der Waals surface area contributed by atoms with E-state index in [0.29, 0.717) is 22.8 Å². The molecule has 0 saturated heterocycles. The predicted octanol–water partition coefficient (Wildman–Crippen LogP) is 3.11. The Morgan fingerprint density at radius 1 is 0.962 bits per heavy atom. The van der Waals surface area contributed by atoms with E-state index in [0.717, 1.165) is 11.3 Å². The second-order valence-corrected chi connectivity index (χ2v) is 5.73. The smallest absolute Gasteiger partial charge is 0.271 e.